The highest BCUT2D eigenvalue weighted by molar-refractivity contribution is 7.87. The number of nitrogens with one attached hydrogen (secondary N) is 1. The second kappa shape index (κ2) is 7.21. The van der Waals surface area contributed by atoms with Crippen molar-refractivity contribution in [3.8, 4) is 0 Å². The van der Waals surface area contributed by atoms with Gasteiger partial charge in [-0.2, -0.15) is 40.2 Å². The number of nitrogen functional groups attached to an aromatic ring is 2. The van der Waals surface area contributed by atoms with Crippen molar-refractivity contribution in [2.24, 2.45) is 0 Å². The molecule has 18 heteroatoms. The smallest absolute Gasteiger partial charge is 0.295 e. The molecule has 0 unspecified atom stereocenters. The van der Waals surface area contributed by atoms with Crippen LogP contribution in [0.1, 0.15) is 0 Å². The average Bonchev–Trinajstić information content (AvgIpc) is 2.56. The number of fused-ring (bicyclic) bond motifs is 1. The second-order valence-electron chi connectivity index (χ2n) is 5.92. The Bertz CT molecular complexity index is 1530. The molecule has 15 nitrogen and oxygen atoms in total. The van der Waals surface area contributed by atoms with Crippen molar-refractivity contribution in [1.29, 1.82) is 0 Å². The summed E-state index contributed by atoms with van der Waals surface area (Å²) in [6, 6.07) is 2.78. The number of hydrogen-bond donors (Lipinski definition) is 6. The van der Waals surface area contributed by atoms with Crippen molar-refractivity contribution in [2.75, 3.05) is 16.8 Å². The van der Waals surface area contributed by atoms with Crippen LogP contribution in [0.3, 0.4) is 0 Å². The van der Waals surface area contributed by atoms with Gasteiger partial charge in [0.25, 0.3) is 30.4 Å². The number of benzene rings is 2. The lowest BCUT2D eigenvalue weighted by atomic mass is 10.1. The number of rotatable bonds is 5. The fraction of sp³-hybridized carbons (Fsp3) is 0. The zero-order chi connectivity index (χ0) is 23.4. The van der Waals surface area contributed by atoms with Crippen molar-refractivity contribution in [3.63, 3.8) is 0 Å². The van der Waals surface area contributed by atoms with Gasteiger partial charge in [0, 0.05) is 16.5 Å². The molecule has 0 aliphatic carbocycles. The first kappa shape index (κ1) is 22.5. The monoisotopic (exact) mass is 492 g/mol. The molecule has 0 bridgehead atoms. The van der Waals surface area contributed by atoms with E-state index in [-0.39, 0.29) is 23.5 Å². The lowest BCUT2D eigenvalue weighted by Crippen LogP contribution is -2.09. The summed E-state index contributed by atoms with van der Waals surface area (Å²) in [6.45, 7) is 0. The Labute approximate surface area is 174 Å². The van der Waals surface area contributed by atoms with Gasteiger partial charge in [-0.05, 0) is 24.3 Å². The van der Waals surface area contributed by atoms with Gasteiger partial charge in [-0.3, -0.25) is 13.7 Å². The van der Waals surface area contributed by atoms with Crippen LogP contribution in [0, 0.1) is 0 Å². The highest BCUT2D eigenvalue weighted by atomic mass is 32.2. The summed E-state index contributed by atoms with van der Waals surface area (Å²) in [5.41, 5.74) is 10.6. The Kier molecular flexibility index (Phi) is 5.24. The van der Waals surface area contributed by atoms with Crippen LogP contribution in [0.4, 0.5) is 23.5 Å². The van der Waals surface area contributed by atoms with Crippen molar-refractivity contribution < 1.29 is 38.9 Å². The zero-order valence-electron chi connectivity index (χ0n) is 14.8. The molecule has 0 aliphatic heterocycles. The molecule has 166 valence electrons. The van der Waals surface area contributed by atoms with Gasteiger partial charge in [0.05, 0.1) is 4.90 Å². The van der Waals surface area contributed by atoms with Gasteiger partial charge in [0.2, 0.25) is 17.8 Å². The minimum Gasteiger partial charge on any atom is -0.368 e. The van der Waals surface area contributed by atoms with Gasteiger partial charge in [0.15, 0.2) is 0 Å². The normalized spacial score (nSPS) is 12.7. The lowest BCUT2D eigenvalue weighted by molar-refractivity contribution is 0.478. The van der Waals surface area contributed by atoms with Crippen molar-refractivity contribution in [1.82, 2.24) is 15.0 Å². The summed E-state index contributed by atoms with van der Waals surface area (Å²) in [6.07, 6.45) is 0. The fourth-order valence-corrected chi connectivity index (χ4v) is 4.67. The number of nitrogens with zero attached hydrogens (tertiary/aromatic N) is 3. The molecule has 3 aromatic rings. The van der Waals surface area contributed by atoms with Gasteiger partial charge in [-0.25, -0.2) is 0 Å². The van der Waals surface area contributed by atoms with E-state index in [1.165, 1.54) is 0 Å². The molecule has 0 amide bonds. The van der Waals surface area contributed by atoms with Crippen LogP contribution in [0.2, 0.25) is 0 Å². The quantitative estimate of drug-likeness (QED) is 0.249. The zero-order valence-corrected chi connectivity index (χ0v) is 17.3. The first-order valence-electron chi connectivity index (χ1n) is 7.64. The van der Waals surface area contributed by atoms with Crippen molar-refractivity contribution >= 4 is 64.7 Å². The Morgan fingerprint density at radius 2 is 1.16 bits per heavy atom. The SMILES string of the molecule is Nc1nc(N)nc(Nc2cc(S(=O)(=O)O)c3cc(S(=O)(=O)O)cc(S(=O)(=O)O)c3c2)n1. The summed E-state index contributed by atoms with van der Waals surface area (Å²) in [5, 5.41) is 1.31. The Morgan fingerprint density at radius 1 is 0.677 bits per heavy atom. The third-order valence-electron chi connectivity index (χ3n) is 3.75. The maximum absolute atomic E-state index is 11.9. The van der Waals surface area contributed by atoms with Gasteiger partial charge < -0.3 is 16.8 Å². The van der Waals surface area contributed by atoms with Crippen molar-refractivity contribution in [2.45, 2.75) is 14.7 Å². The minimum absolute atomic E-state index is 0.227. The predicted molar refractivity (Wildman–Crippen MR) is 105 cm³/mol. The highest BCUT2D eigenvalue weighted by Crippen LogP contribution is 2.35. The first-order chi connectivity index (χ1) is 14.1. The van der Waals surface area contributed by atoms with Gasteiger partial charge in [-0.1, -0.05) is 0 Å². The fourth-order valence-electron chi connectivity index (χ4n) is 2.61. The molecule has 8 N–H and O–H groups in total. The molecule has 31 heavy (non-hydrogen) atoms. The largest absolute Gasteiger partial charge is 0.368 e. The van der Waals surface area contributed by atoms with E-state index >= 15 is 0 Å². The summed E-state index contributed by atoms with van der Waals surface area (Å²) in [7, 11) is -15.2. The average molecular weight is 492 g/mol. The van der Waals surface area contributed by atoms with E-state index in [2.05, 4.69) is 20.3 Å². The van der Waals surface area contributed by atoms with Gasteiger partial charge in [-0.15, -0.1) is 0 Å². The molecule has 0 atom stereocenters. The highest BCUT2D eigenvalue weighted by Gasteiger charge is 2.25. The summed E-state index contributed by atoms with van der Waals surface area (Å²) in [5.74, 6) is -0.891. The van der Waals surface area contributed by atoms with Crippen LogP contribution in [-0.2, 0) is 30.4 Å². The number of aromatic nitrogens is 3. The first-order valence-corrected chi connectivity index (χ1v) is 12.0. The molecule has 1 aromatic heterocycles. The molecule has 0 fully saturated rings. The topological polar surface area (TPSA) is 266 Å². The maximum Gasteiger partial charge on any atom is 0.295 e. The van der Waals surface area contributed by atoms with E-state index in [1.54, 1.807) is 0 Å². The number of anilines is 4. The number of nitrogens with two attached hydrogens (primary N) is 2. The van der Waals surface area contributed by atoms with Gasteiger partial charge in [0.1, 0.15) is 9.79 Å². The molecule has 0 radical (unpaired) electrons. The Balaban J connectivity index is 2.43. The summed E-state index contributed by atoms with van der Waals surface area (Å²) < 4.78 is 98.8. The van der Waals surface area contributed by atoms with Crippen LogP contribution >= 0.6 is 0 Å². The predicted octanol–water partition coefficient (Wildman–Crippen LogP) is -0.327. The molecular formula is C13H12N6O9S3. The van der Waals surface area contributed by atoms with E-state index in [9.17, 15) is 38.9 Å². The standard InChI is InChI=1S/C13H12N6O9S3/c14-11-17-12(15)19-13(18-11)16-5-1-7-8(9(2-5)30(23,24)25)3-6(29(20,21)22)4-10(7)31(26,27)28/h1-4H,(H,20,21,22)(H,23,24,25)(H,26,27,28)(H5,14,15,16,17,18,19). The van der Waals surface area contributed by atoms with Crippen LogP contribution in [0.5, 0.6) is 0 Å². The van der Waals surface area contributed by atoms with E-state index in [1.807, 2.05) is 0 Å². The molecular weight excluding hydrogens is 480 g/mol. The Morgan fingerprint density at radius 3 is 1.65 bits per heavy atom. The van der Waals surface area contributed by atoms with Crippen LogP contribution in [-0.4, -0.2) is 53.9 Å². The van der Waals surface area contributed by atoms with Crippen LogP contribution < -0.4 is 16.8 Å². The van der Waals surface area contributed by atoms with E-state index < -0.39 is 55.8 Å². The molecule has 3 rings (SSSR count). The molecule has 0 saturated carbocycles. The molecule has 0 aliphatic rings. The van der Waals surface area contributed by atoms with E-state index in [0.717, 1.165) is 12.1 Å². The van der Waals surface area contributed by atoms with E-state index in [4.69, 9.17) is 11.5 Å². The van der Waals surface area contributed by atoms with Gasteiger partial charge >= 0.3 is 0 Å². The molecule has 0 spiro atoms. The van der Waals surface area contributed by atoms with E-state index in [0.29, 0.717) is 12.1 Å². The lowest BCUT2D eigenvalue weighted by Gasteiger charge is -2.13. The van der Waals surface area contributed by atoms with Crippen LogP contribution in [0.25, 0.3) is 10.8 Å². The molecule has 2 aromatic carbocycles. The minimum atomic E-state index is -5.14. The number of hydrogen-bond acceptors (Lipinski definition) is 12. The third-order valence-corrected chi connectivity index (χ3v) is 6.37. The summed E-state index contributed by atoms with van der Waals surface area (Å²) in [4.78, 5) is 7.83. The maximum atomic E-state index is 11.9. The molecule has 0 saturated heterocycles. The Hall–Kier alpha value is -3.16. The third kappa shape index (κ3) is 4.78. The summed E-state index contributed by atoms with van der Waals surface area (Å²) >= 11 is 0. The van der Waals surface area contributed by atoms with Crippen molar-refractivity contribution in [3.05, 3.63) is 24.3 Å². The second-order valence-corrected chi connectivity index (χ2v) is 10.1. The van der Waals surface area contributed by atoms with Crippen LogP contribution in [0.15, 0.2) is 39.0 Å². The molecule has 1 heterocycles.